The van der Waals surface area contributed by atoms with Crippen LogP contribution in [0.3, 0.4) is 0 Å². The van der Waals surface area contributed by atoms with Crippen LogP contribution in [0.5, 0.6) is 17.2 Å². The number of hydrazone groups is 1. The minimum atomic E-state index is -0.931. The average molecular weight is 519 g/mol. The van der Waals surface area contributed by atoms with Crippen molar-refractivity contribution in [2.45, 2.75) is 20.3 Å². The Labute approximate surface area is 221 Å². The van der Waals surface area contributed by atoms with E-state index < -0.39 is 11.8 Å². The fraction of sp³-hybridized carbons (Fsp3) is 0.214. The van der Waals surface area contributed by atoms with Gasteiger partial charge in [-0.15, -0.1) is 0 Å². The summed E-state index contributed by atoms with van der Waals surface area (Å²) in [5.41, 5.74) is 4.97. The first kappa shape index (κ1) is 27.7. The molecule has 0 heterocycles. The number of nitrogens with one attached hydrogen (secondary N) is 3. The maximum atomic E-state index is 12.2. The van der Waals surface area contributed by atoms with Gasteiger partial charge in [-0.2, -0.15) is 5.10 Å². The number of hydrogen-bond donors (Lipinski definition) is 3. The molecule has 3 amide bonds. The van der Waals surface area contributed by atoms with E-state index in [1.807, 2.05) is 38.1 Å². The van der Waals surface area contributed by atoms with Crippen molar-refractivity contribution in [2.75, 3.05) is 31.0 Å². The monoisotopic (exact) mass is 518 g/mol. The lowest BCUT2D eigenvalue weighted by Gasteiger charge is -2.11. The van der Waals surface area contributed by atoms with Gasteiger partial charge in [0.15, 0.2) is 18.1 Å². The van der Waals surface area contributed by atoms with Crippen LogP contribution >= 0.6 is 0 Å². The average Bonchev–Trinajstić information content (AvgIpc) is 2.93. The van der Waals surface area contributed by atoms with E-state index in [0.717, 1.165) is 12.0 Å². The van der Waals surface area contributed by atoms with Crippen molar-refractivity contribution in [3.8, 4) is 17.2 Å². The Morgan fingerprint density at radius 2 is 1.53 bits per heavy atom. The molecule has 0 aromatic heterocycles. The van der Waals surface area contributed by atoms with Gasteiger partial charge in [-0.1, -0.05) is 24.6 Å². The van der Waals surface area contributed by atoms with Crippen LogP contribution in [0.25, 0.3) is 0 Å². The highest BCUT2D eigenvalue weighted by molar-refractivity contribution is 6.39. The summed E-state index contributed by atoms with van der Waals surface area (Å²) in [5, 5.41) is 9.07. The molecule has 10 nitrogen and oxygen atoms in total. The fourth-order valence-electron chi connectivity index (χ4n) is 3.12. The van der Waals surface area contributed by atoms with Crippen LogP contribution in [0.2, 0.25) is 0 Å². The second-order valence-corrected chi connectivity index (χ2v) is 8.14. The highest BCUT2D eigenvalue weighted by Gasteiger charge is 2.13. The summed E-state index contributed by atoms with van der Waals surface area (Å²) in [6, 6.07) is 19.0. The number of carbonyl (C=O) groups is 3. The molecule has 0 aliphatic heterocycles. The number of methoxy groups -OCH3 is 1. The van der Waals surface area contributed by atoms with Crippen molar-refractivity contribution in [1.29, 1.82) is 0 Å². The smallest absolute Gasteiger partial charge is 0.329 e. The Morgan fingerprint density at radius 1 is 0.842 bits per heavy atom. The number of amides is 3. The van der Waals surface area contributed by atoms with Crippen LogP contribution in [0.15, 0.2) is 71.8 Å². The van der Waals surface area contributed by atoms with E-state index in [0.29, 0.717) is 40.8 Å². The number of carbonyl (C=O) groups excluding carboxylic acids is 3. The van der Waals surface area contributed by atoms with Gasteiger partial charge >= 0.3 is 11.8 Å². The molecule has 0 bridgehead atoms. The molecule has 198 valence electrons. The maximum Gasteiger partial charge on any atom is 0.329 e. The number of hydrogen-bond acceptors (Lipinski definition) is 7. The number of aryl methyl sites for hydroxylation is 1. The van der Waals surface area contributed by atoms with Crippen LogP contribution in [-0.4, -0.2) is 44.3 Å². The molecule has 0 spiro atoms. The normalized spacial score (nSPS) is 10.5. The largest absolute Gasteiger partial charge is 0.494 e. The summed E-state index contributed by atoms with van der Waals surface area (Å²) >= 11 is 0. The quantitative estimate of drug-likeness (QED) is 0.201. The predicted octanol–water partition coefficient (Wildman–Crippen LogP) is 3.90. The minimum absolute atomic E-state index is 0.211. The summed E-state index contributed by atoms with van der Waals surface area (Å²) < 4.78 is 16.4. The molecule has 38 heavy (non-hydrogen) atoms. The van der Waals surface area contributed by atoms with Gasteiger partial charge in [0.1, 0.15) is 5.75 Å². The van der Waals surface area contributed by atoms with E-state index in [-0.39, 0.29) is 12.5 Å². The lowest BCUT2D eigenvalue weighted by Crippen LogP contribution is -2.32. The van der Waals surface area contributed by atoms with Crippen molar-refractivity contribution in [3.63, 3.8) is 0 Å². The molecule has 3 aromatic carbocycles. The third-order valence-electron chi connectivity index (χ3n) is 5.05. The third kappa shape index (κ3) is 8.66. The molecule has 0 saturated carbocycles. The van der Waals surface area contributed by atoms with Gasteiger partial charge < -0.3 is 24.8 Å². The standard InChI is InChI=1S/C28H30N4O6/c1-4-15-37-23-12-10-22(11-13-23)31-27(34)28(35)32-29-17-20-7-14-24(25(16-20)36-3)38-18-26(33)30-21-8-5-19(2)6-9-21/h5-14,16-17H,4,15,18H2,1-3H3,(H,30,33)(H,31,34)(H,32,35)/b29-17-. The van der Waals surface area contributed by atoms with Crippen molar-refractivity contribution in [1.82, 2.24) is 5.43 Å². The predicted molar refractivity (Wildman–Crippen MR) is 145 cm³/mol. The Balaban J connectivity index is 1.48. The van der Waals surface area contributed by atoms with Crippen molar-refractivity contribution >= 4 is 35.3 Å². The van der Waals surface area contributed by atoms with Gasteiger partial charge in [-0.3, -0.25) is 14.4 Å². The molecule has 3 N–H and O–H groups in total. The molecular formula is C28H30N4O6. The van der Waals surface area contributed by atoms with Gasteiger partial charge in [0, 0.05) is 11.4 Å². The Morgan fingerprint density at radius 3 is 2.21 bits per heavy atom. The van der Waals surface area contributed by atoms with E-state index >= 15 is 0 Å². The summed E-state index contributed by atoms with van der Waals surface area (Å²) in [6.07, 6.45) is 2.24. The zero-order valence-electron chi connectivity index (χ0n) is 21.4. The molecular weight excluding hydrogens is 488 g/mol. The SMILES string of the molecule is CCCOc1ccc(NC(=O)C(=O)N/N=C\c2ccc(OCC(=O)Nc3ccc(C)cc3)c(OC)c2)cc1. The number of rotatable bonds is 11. The number of anilines is 2. The van der Waals surface area contributed by atoms with Gasteiger partial charge in [0.2, 0.25) is 0 Å². The number of nitrogens with zero attached hydrogens (tertiary/aromatic N) is 1. The molecule has 0 unspecified atom stereocenters. The summed E-state index contributed by atoms with van der Waals surface area (Å²) in [4.78, 5) is 36.4. The number of ether oxygens (including phenoxy) is 3. The first-order valence-corrected chi connectivity index (χ1v) is 11.9. The minimum Gasteiger partial charge on any atom is -0.494 e. The van der Waals surface area contributed by atoms with Gasteiger partial charge in [0.05, 0.1) is 19.9 Å². The van der Waals surface area contributed by atoms with E-state index in [4.69, 9.17) is 14.2 Å². The fourth-order valence-corrected chi connectivity index (χ4v) is 3.12. The van der Waals surface area contributed by atoms with Crippen molar-refractivity contribution in [2.24, 2.45) is 5.10 Å². The molecule has 0 saturated heterocycles. The summed E-state index contributed by atoms with van der Waals surface area (Å²) in [5.74, 6) is -0.709. The molecule has 0 fully saturated rings. The lowest BCUT2D eigenvalue weighted by atomic mass is 10.2. The van der Waals surface area contributed by atoms with Crippen LogP contribution in [0, 0.1) is 6.92 Å². The van der Waals surface area contributed by atoms with Gasteiger partial charge in [-0.25, -0.2) is 5.43 Å². The molecule has 0 atom stereocenters. The highest BCUT2D eigenvalue weighted by atomic mass is 16.5. The first-order chi connectivity index (χ1) is 18.4. The van der Waals surface area contributed by atoms with Crippen molar-refractivity contribution < 1.29 is 28.6 Å². The topological polar surface area (TPSA) is 127 Å². The van der Waals surface area contributed by atoms with Crippen LogP contribution in [-0.2, 0) is 14.4 Å². The second kappa shape index (κ2) is 14.0. The zero-order chi connectivity index (χ0) is 27.3. The molecule has 3 aromatic rings. The third-order valence-corrected chi connectivity index (χ3v) is 5.05. The van der Waals surface area contributed by atoms with Gasteiger partial charge in [-0.05, 0) is 73.5 Å². The van der Waals surface area contributed by atoms with E-state index in [2.05, 4.69) is 21.2 Å². The zero-order valence-corrected chi connectivity index (χ0v) is 21.4. The van der Waals surface area contributed by atoms with E-state index in [9.17, 15) is 14.4 Å². The highest BCUT2D eigenvalue weighted by Crippen LogP contribution is 2.27. The van der Waals surface area contributed by atoms with E-state index in [1.54, 1.807) is 42.5 Å². The number of benzene rings is 3. The lowest BCUT2D eigenvalue weighted by molar-refractivity contribution is -0.136. The Hall–Kier alpha value is -4.86. The summed E-state index contributed by atoms with van der Waals surface area (Å²) in [6.45, 7) is 4.36. The van der Waals surface area contributed by atoms with E-state index in [1.165, 1.54) is 13.3 Å². The molecule has 0 aliphatic carbocycles. The molecule has 0 aliphatic rings. The van der Waals surface area contributed by atoms with Crippen LogP contribution < -0.4 is 30.3 Å². The molecule has 0 radical (unpaired) electrons. The Kier molecular flexibility index (Phi) is 10.2. The van der Waals surface area contributed by atoms with Crippen LogP contribution in [0.1, 0.15) is 24.5 Å². The molecule has 3 rings (SSSR count). The van der Waals surface area contributed by atoms with Crippen LogP contribution in [0.4, 0.5) is 11.4 Å². The Bertz CT molecular complexity index is 1270. The second-order valence-electron chi connectivity index (χ2n) is 8.14. The maximum absolute atomic E-state index is 12.2. The molecule has 10 heteroatoms. The summed E-state index contributed by atoms with van der Waals surface area (Å²) in [7, 11) is 1.46. The van der Waals surface area contributed by atoms with Crippen molar-refractivity contribution in [3.05, 3.63) is 77.9 Å². The first-order valence-electron chi connectivity index (χ1n) is 11.9. The van der Waals surface area contributed by atoms with Gasteiger partial charge in [0.25, 0.3) is 5.91 Å².